The summed E-state index contributed by atoms with van der Waals surface area (Å²) < 4.78 is 16.4. The van der Waals surface area contributed by atoms with E-state index in [9.17, 15) is 25.1 Å². The van der Waals surface area contributed by atoms with E-state index < -0.39 is 17.7 Å². The highest BCUT2D eigenvalue weighted by Crippen LogP contribution is 2.38. The van der Waals surface area contributed by atoms with Gasteiger partial charge >= 0.3 is 12.1 Å². The maximum absolute atomic E-state index is 13.2. The summed E-state index contributed by atoms with van der Waals surface area (Å²) in [6.07, 6.45) is 1.92. The number of amides is 1. The smallest absolute Gasteiger partial charge is 0.411 e. The number of ether oxygens (including phenoxy) is 3. The number of likely N-dealkylation sites (N-methyl/N-ethyl adjacent to an activating group) is 1. The lowest BCUT2D eigenvalue weighted by molar-refractivity contribution is -0.169. The van der Waals surface area contributed by atoms with Crippen LogP contribution in [-0.4, -0.2) is 66.6 Å². The molecule has 1 aliphatic carbocycles. The van der Waals surface area contributed by atoms with Gasteiger partial charge in [-0.25, -0.2) is 9.59 Å². The molecule has 41 heavy (non-hydrogen) atoms. The SMILES string of the molecule is COc1cc(NC(=O)OCCN(C)[C@H]2CC[C@H](OC(=O)C(O)(c3cccs3)c3cccs3)CC2)c(C#N)cc1CO. The topological polar surface area (TPSA) is 141 Å². The molecule has 1 saturated carbocycles. The molecule has 2 heterocycles. The van der Waals surface area contributed by atoms with E-state index in [2.05, 4.69) is 10.2 Å². The fourth-order valence-electron chi connectivity index (χ4n) is 4.88. The Balaban J connectivity index is 1.24. The Kier molecular flexibility index (Phi) is 10.4. The van der Waals surface area contributed by atoms with Gasteiger partial charge in [-0.3, -0.25) is 5.32 Å². The molecule has 1 fully saturated rings. The van der Waals surface area contributed by atoms with Gasteiger partial charge in [-0.2, -0.15) is 5.26 Å². The van der Waals surface area contributed by atoms with Crippen molar-refractivity contribution in [3.05, 3.63) is 68.0 Å². The normalized spacial score (nSPS) is 17.1. The minimum absolute atomic E-state index is 0.139. The standard InChI is InChI=1S/C29H33N3O7S2/c1-32(11-12-38-28(35)31-23-16-24(37-2)20(18-33)15-19(23)17-30)21-7-9-22(10-8-21)39-27(34)29(36,25-5-3-13-40-25)26-6-4-14-41-26/h3-6,13-16,21-22,33,36H,7-12,18H2,1-2H3,(H,31,35)/t21-,22-. The van der Waals surface area contributed by atoms with Gasteiger partial charge in [-0.05, 0) is 61.7 Å². The molecular weight excluding hydrogens is 566 g/mol. The molecule has 1 amide bonds. The van der Waals surface area contributed by atoms with E-state index in [0.717, 1.165) is 12.8 Å². The Bertz CT molecular complexity index is 1310. The van der Waals surface area contributed by atoms with Crippen LogP contribution in [0.3, 0.4) is 0 Å². The molecule has 3 aromatic rings. The Morgan fingerprint density at radius 3 is 2.34 bits per heavy atom. The number of thiophene rings is 2. The molecule has 0 saturated heterocycles. The quantitative estimate of drug-likeness (QED) is 0.273. The number of benzene rings is 1. The number of hydrogen-bond donors (Lipinski definition) is 3. The molecular formula is C29H33N3O7S2. The van der Waals surface area contributed by atoms with Crippen molar-refractivity contribution in [1.29, 1.82) is 5.26 Å². The van der Waals surface area contributed by atoms with Crippen LogP contribution in [0.15, 0.2) is 47.2 Å². The van der Waals surface area contributed by atoms with E-state index in [1.54, 1.807) is 24.3 Å². The zero-order chi connectivity index (χ0) is 29.4. The van der Waals surface area contributed by atoms with Crippen LogP contribution in [0, 0.1) is 11.3 Å². The van der Waals surface area contributed by atoms with Crippen molar-refractivity contribution in [1.82, 2.24) is 4.90 Å². The van der Waals surface area contributed by atoms with Crippen molar-refractivity contribution in [2.45, 2.75) is 50.0 Å². The number of carbonyl (C=O) groups is 2. The van der Waals surface area contributed by atoms with Gasteiger partial charge in [-0.15, -0.1) is 22.7 Å². The Morgan fingerprint density at radius 2 is 1.80 bits per heavy atom. The first-order valence-corrected chi connectivity index (χ1v) is 14.9. The van der Waals surface area contributed by atoms with Gasteiger partial charge in [0.25, 0.3) is 0 Å². The molecule has 0 bridgehead atoms. The minimum Gasteiger partial charge on any atom is -0.496 e. The van der Waals surface area contributed by atoms with Crippen LogP contribution in [0.1, 0.15) is 46.6 Å². The van der Waals surface area contributed by atoms with Crippen molar-refractivity contribution < 1.29 is 34.0 Å². The van der Waals surface area contributed by atoms with Gasteiger partial charge < -0.3 is 29.3 Å². The van der Waals surface area contributed by atoms with Gasteiger partial charge in [0, 0.05) is 24.2 Å². The van der Waals surface area contributed by atoms with Gasteiger partial charge in [0.1, 0.15) is 24.5 Å². The molecule has 3 N–H and O–H groups in total. The molecule has 1 aromatic carbocycles. The number of nitrogens with one attached hydrogen (secondary N) is 1. The van der Waals surface area contributed by atoms with Crippen LogP contribution in [0.2, 0.25) is 0 Å². The predicted molar refractivity (Wildman–Crippen MR) is 155 cm³/mol. The van der Waals surface area contributed by atoms with Crippen molar-refractivity contribution in [2.75, 3.05) is 32.6 Å². The highest BCUT2D eigenvalue weighted by Gasteiger charge is 2.45. The first-order valence-electron chi connectivity index (χ1n) is 13.2. The van der Waals surface area contributed by atoms with Crippen LogP contribution in [0.4, 0.5) is 10.5 Å². The number of anilines is 1. The largest absolute Gasteiger partial charge is 0.496 e. The molecule has 0 unspecified atom stereocenters. The third-order valence-electron chi connectivity index (χ3n) is 7.22. The molecule has 0 atom stereocenters. The molecule has 2 aromatic heterocycles. The summed E-state index contributed by atoms with van der Waals surface area (Å²) in [6, 6.07) is 12.2. The number of aliphatic hydroxyl groups excluding tert-OH is 1. The third kappa shape index (κ3) is 7.06. The number of hydrogen-bond acceptors (Lipinski definition) is 11. The van der Waals surface area contributed by atoms with Gasteiger partial charge in [0.15, 0.2) is 0 Å². The zero-order valence-corrected chi connectivity index (χ0v) is 24.5. The average Bonchev–Trinajstić information content (AvgIpc) is 3.72. The lowest BCUT2D eigenvalue weighted by atomic mass is 9.91. The van der Waals surface area contributed by atoms with E-state index >= 15 is 0 Å². The van der Waals surface area contributed by atoms with E-state index in [-0.39, 0.29) is 36.6 Å². The second kappa shape index (κ2) is 13.9. The lowest BCUT2D eigenvalue weighted by Crippen LogP contribution is -2.42. The number of nitrogens with zero attached hydrogens (tertiary/aromatic N) is 2. The van der Waals surface area contributed by atoms with E-state index in [4.69, 9.17) is 14.2 Å². The van der Waals surface area contributed by atoms with Crippen LogP contribution >= 0.6 is 22.7 Å². The van der Waals surface area contributed by atoms with Crippen molar-refractivity contribution in [3.63, 3.8) is 0 Å². The molecule has 218 valence electrons. The number of methoxy groups -OCH3 is 1. The fourth-order valence-corrected chi connectivity index (χ4v) is 6.59. The summed E-state index contributed by atoms with van der Waals surface area (Å²) >= 11 is 2.63. The molecule has 1 aliphatic rings. The van der Waals surface area contributed by atoms with Crippen LogP contribution in [-0.2, 0) is 26.5 Å². The number of esters is 1. The van der Waals surface area contributed by atoms with Gasteiger partial charge in [0.2, 0.25) is 5.60 Å². The van der Waals surface area contributed by atoms with Crippen LogP contribution < -0.4 is 10.1 Å². The summed E-state index contributed by atoms with van der Waals surface area (Å²) in [6.45, 7) is 0.336. The van der Waals surface area contributed by atoms with Crippen molar-refractivity contribution >= 4 is 40.4 Å². The predicted octanol–water partition coefficient (Wildman–Crippen LogP) is 4.45. The maximum Gasteiger partial charge on any atom is 0.411 e. The van der Waals surface area contributed by atoms with Gasteiger partial charge in [0.05, 0.1) is 34.7 Å². The van der Waals surface area contributed by atoms with Crippen molar-refractivity contribution in [2.24, 2.45) is 0 Å². The minimum atomic E-state index is -1.81. The fraction of sp³-hybridized carbons (Fsp3) is 0.414. The summed E-state index contributed by atoms with van der Waals surface area (Å²) in [7, 11) is 3.39. The first-order chi connectivity index (χ1) is 19.8. The van der Waals surface area contributed by atoms with E-state index in [1.165, 1.54) is 41.9 Å². The van der Waals surface area contributed by atoms with Crippen LogP contribution in [0.25, 0.3) is 0 Å². The number of nitriles is 1. The molecule has 12 heteroatoms. The van der Waals surface area contributed by atoms with Gasteiger partial charge in [-0.1, -0.05) is 12.1 Å². The summed E-state index contributed by atoms with van der Waals surface area (Å²) in [5.41, 5.74) is -0.952. The summed E-state index contributed by atoms with van der Waals surface area (Å²) in [5, 5.41) is 36.5. The zero-order valence-electron chi connectivity index (χ0n) is 22.9. The average molecular weight is 600 g/mol. The monoisotopic (exact) mass is 599 g/mol. The molecule has 0 radical (unpaired) electrons. The summed E-state index contributed by atoms with van der Waals surface area (Å²) in [4.78, 5) is 28.8. The second-order valence-corrected chi connectivity index (χ2v) is 11.6. The maximum atomic E-state index is 13.2. The second-order valence-electron chi connectivity index (χ2n) is 9.72. The first kappa shape index (κ1) is 30.5. The highest BCUT2D eigenvalue weighted by atomic mass is 32.1. The molecule has 4 rings (SSSR count). The lowest BCUT2D eigenvalue weighted by Gasteiger charge is -2.35. The molecule has 0 spiro atoms. The highest BCUT2D eigenvalue weighted by molar-refractivity contribution is 7.12. The molecule has 0 aliphatic heterocycles. The van der Waals surface area contributed by atoms with Crippen molar-refractivity contribution in [3.8, 4) is 11.8 Å². The Labute approximate surface area is 246 Å². The number of rotatable bonds is 11. The number of aliphatic hydroxyl groups is 2. The molecule has 10 nitrogen and oxygen atoms in total. The third-order valence-corrected chi connectivity index (χ3v) is 9.17. The Hall–Kier alpha value is -3.47. The number of carbonyl (C=O) groups excluding carboxylic acids is 2. The van der Waals surface area contributed by atoms with Crippen LogP contribution in [0.5, 0.6) is 5.75 Å². The Morgan fingerprint density at radius 1 is 1.15 bits per heavy atom. The van der Waals surface area contributed by atoms with E-state index in [0.29, 0.717) is 40.5 Å². The van der Waals surface area contributed by atoms with E-state index in [1.807, 2.05) is 23.9 Å². The summed E-state index contributed by atoms with van der Waals surface area (Å²) in [5.74, 6) is -0.299.